The van der Waals surface area contributed by atoms with Crippen molar-refractivity contribution in [3.05, 3.63) is 23.3 Å². The number of carbonyl (C=O) groups is 2. The summed E-state index contributed by atoms with van der Waals surface area (Å²) in [6, 6.07) is 3.15. The Morgan fingerprint density at radius 2 is 1.72 bits per heavy atom. The first kappa shape index (κ1) is 18.9. The predicted octanol–water partition coefficient (Wildman–Crippen LogP) is 3.06. The zero-order chi connectivity index (χ0) is 18.8. The molecule has 0 saturated heterocycles. The Morgan fingerprint density at radius 1 is 1.12 bits per heavy atom. The van der Waals surface area contributed by atoms with Gasteiger partial charge in [0.05, 0.1) is 40.3 Å². The number of hydrogen-bond acceptors (Lipinski definition) is 6. The summed E-state index contributed by atoms with van der Waals surface area (Å²) in [7, 11) is 4.42. The minimum absolute atomic E-state index is 0.0399. The monoisotopic (exact) mass is 351 g/mol. The number of hydrogen-bond donors (Lipinski definition) is 0. The van der Waals surface area contributed by atoms with Crippen LogP contribution >= 0.6 is 0 Å². The second-order valence-corrected chi connectivity index (χ2v) is 6.81. The van der Waals surface area contributed by atoms with E-state index in [-0.39, 0.29) is 6.42 Å². The Balaban J connectivity index is 2.41. The highest BCUT2D eigenvalue weighted by atomic mass is 16.6. The summed E-state index contributed by atoms with van der Waals surface area (Å²) < 4.78 is 20.9. The van der Waals surface area contributed by atoms with Crippen molar-refractivity contribution in [2.24, 2.45) is 0 Å². The SMILES string of the molecule is COC(=O)CC1c2cc(OC)c(OC)cc2CN1C(=O)OC(C)(C)C. The van der Waals surface area contributed by atoms with Gasteiger partial charge >= 0.3 is 12.1 Å². The van der Waals surface area contributed by atoms with Crippen LogP contribution in [0.25, 0.3) is 0 Å². The molecule has 0 aromatic heterocycles. The Bertz CT molecular complexity index is 664. The third-order valence-corrected chi connectivity index (χ3v) is 3.94. The summed E-state index contributed by atoms with van der Waals surface area (Å²) in [6.45, 7) is 5.73. The normalized spacial score (nSPS) is 16.2. The molecule has 0 bridgehead atoms. The van der Waals surface area contributed by atoms with Crippen LogP contribution in [0, 0.1) is 0 Å². The van der Waals surface area contributed by atoms with Crippen LogP contribution in [-0.2, 0) is 20.8 Å². The van der Waals surface area contributed by atoms with Crippen LogP contribution in [0.2, 0.25) is 0 Å². The van der Waals surface area contributed by atoms with E-state index in [0.717, 1.165) is 11.1 Å². The van der Waals surface area contributed by atoms with Crippen LogP contribution in [0.15, 0.2) is 12.1 Å². The molecule has 7 heteroatoms. The summed E-state index contributed by atoms with van der Waals surface area (Å²) in [5, 5.41) is 0. The molecule has 0 spiro atoms. The van der Waals surface area contributed by atoms with E-state index in [4.69, 9.17) is 18.9 Å². The summed E-state index contributed by atoms with van der Waals surface area (Å²) in [6.07, 6.45) is -0.436. The minimum Gasteiger partial charge on any atom is -0.493 e. The van der Waals surface area contributed by atoms with E-state index in [1.807, 2.05) is 6.07 Å². The fourth-order valence-corrected chi connectivity index (χ4v) is 2.82. The van der Waals surface area contributed by atoms with Gasteiger partial charge in [0, 0.05) is 0 Å². The summed E-state index contributed by atoms with van der Waals surface area (Å²) >= 11 is 0. The topological polar surface area (TPSA) is 74.3 Å². The molecule has 1 atom stereocenters. The van der Waals surface area contributed by atoms with Crippen LogP contribution in [0.4, 0.5) is 4.79 Å². The largest absolute Gasteiger partial charge is 0.493 e. The van der Waals surface area contributed by atoms with Gasteiger partial charge in [-0.15, -0.1) is 0 Å². The van der Waals surface area contributed by atoms with Gasteiger partial charge in [0.2, 0.25) is 0 Å². The first-order valence-electron chi connectivity index (χ1n) is 8.01. The molecule has 1 aliphatic heterocycles. The van der Waals surface area contributed by atoms with Crippen LogP contribution in [0.3, 0.4) is 0 Å². The molecule has 1 heterocycles. The fraction of sp³-hybridized carbons (Fsp3) is 0.556. The average molecular weight is 351 g/mol. The quantitative estimate of drug-likeness (QED) is 0.776. The van der Waals surface area contributed by atoms with Gasteiger partial charge in [-0.25, -0.2) is 4.79 Å². The van der Waals surface area contributed by atoms with Crippen LogP contribution in [0.1, 0.15) is 44.4 Å². The lowest BCUT2D eigenvalue weighted by Crippen LogP contribution is -2.36. The van der Waals surface area contributed by atoms with E-state index in [9.17, 15) is 9.59 Å². The van der Waals surface area contributed by atoms with Crippen LogP contribution in [0.5, 0.6) is 11.5 Å². The zero-order valence-electron chi connectivity index (χ0n) is 15.5. The van der Waals surface area contributed by atoms with Crippen molar-refractivity contribution >= 4 is 12.1 Å². The van der Waals surface area contributed by atoms with E-state index >= 15 is 0 Å². The minimum atomic E-state index is -0.628. The zero-order valence-corrected chi connectivity index (χ0v) is 15.5. The highest BCUT2D eigenvalue weighted by Crippen LogP contribution is 2.42. The van der Waals surface area contributed by atoms with Gasteiger partial charge in [-0.2, -0.15) is 0 Å². The Kier molecular flexibility index (Phi) is 5.45. The van der Waals surface area contributed by atoms with Crippen molar-refractivity contribution in [2.45, 2.75) is 45.4 Å². The van der Waals surface area contributed by atoms with Gasteiger partial charge in [0.25, 0.3) is 0 Å². The predicted molar refractivity (Wildman–Crippen MR) is 90.7 cm³/mol. The van der Waals surface area contributed by atoms with E-state index in [1.54, 1.807) is 41.1 Å². The molecular formula is C18H25NO6. The highest BCUT2D eigenvalue weighted by Gasteiger charge is 2.38. The molecule has 25 heavy (non-hydrogen) atoms. The molecule has 1 aromatic rings. The molecule has 0 aliphatic carbocycles. The van der Waals surface area contributed by atoms with Crippen molar-refractivity contribution in [1.82, 2.24) is 4.90 Å². The van der Waals surface area contributed by atoms with Gasteiger partial charge in [0.1, 0.15) is 5.60 Å². The molecule has 1 aliphatic rings. The van der Waals surface area contributed by atoms with Crippen LogP contribution < -0.4 is 9.47 Å². The molecule has 1 unspecified atom stereocenters. The number of nitrogens with zero attached hydrogens (tertiary/aromatic N) is 1. The van der Waals surface area contributed by atoms with Crippen LogP contribution in [-0.4, -0.2) is 43.9 Å². The van der Waals surface area contributed by atoms with Crippen molar-refractivity contribution in [2.75, 3.05) is 21.3 Å². The van der Waals surface area contributed by atoms with E-state index < -0.39 is 23.7 Å². The lowest BCUT2D eigenvalue weighted by atomic mass is 10.0. The highest BCUT2D eigenvalue weighted by molar-refractivity contribution is 5.75. The number of esters is 1. The third kappa shape index (κ3) is 4.15. The number of methoxy groups -OCH3 is 3. The first-order chi connectivity index (χ1) is 11.7. The lowest BCUT2D eigenvalue weighted by Gasteiger charge is -2.28. The Morgan fingerprint density at radius 3 is 2.24 bits per heavy atom. The number of benzene rings is 1. The average Bonchev–Trinajstić information content (AvgIpc) is 2.89. The van der Waals surface area contributed by atoms with Gasteiger partial charge in [0.15, 0.2) is 11.5 Å². The second kappa shape index (κ2) is 7.21. The smallest absolute Gasteiger partial charge is 0.411 e. The molecule has 0 fully saturated rings. The number of rotatable bonds is 4. The molecule has 7 nitrogen and oxygen atoms in total. The number of fused-ring (bicyclic) bond motifs is 1. The Labute approximate surface area is 147 Å². The number of ether oxygens (including phenoxy) is 4. The summed E-state index contributed by atoms with van der Waals surface area (Å²) in [5.41, 5.74) is 1.09. The van der Waals surface area contributed by atoms with Gasteiger partial charge < -0.3 is 18.9 Å². The maximum atomic E-state index is 12.6. The van der Waals surface area contributed by atoms with E-state index in [1.165, 1.54) is 12.0 Å². The second-order valence-electron chi connectivity index (χ2n) is 6.81. The standard InChI is InChI=1S/C18H25NO6/c1-18(2,3)25-17(21)19-10-11-7-14(22-4)15(23-5)8-12(11)13(19)9-16(20)24-6/h7-8,13H,9-10H2,1-6H3. The van der Waals surface area contributed by atoms with E-state index in [0.29, 0.717) is 18.0 Å². The third-order valence-electron chi connectivity index (χ3n) is 3.94. The van der Waals surface area contributed by atoms with Crippen molar-refractivity contribution in [3.63, 3.8) is 0 Å². The van der Waals surface area contributed by atoms with Gasteiger partial charge in [-0.05, 0) is 44.0 Å². The Hall–Kier alpha value is -2.44. The maximum Gasteiger partial charge on any atom is 0.411 e. The molecule has 0 saturated carbocycles. The lowest BCUT2D eigenvalue weighted by molar-refractivity contribution is -0.141. The molecule has 2 rings (SSSR count). The molecule has 1 aromatic carbocycles. The molecule has 1 amide bonds. The first-order valence-corrected chi connectivity index (χ1v) is 8.01. The maximum absolute atomic E-state index is 12.6. The van der Waals surface area contributed by atoms with E-state index in [2.05, 4.69) is 0 Å². The molecular weight excluding hydrogens is 326 g/mol. The fourth-order valence-electron chi connectivity index (χ4n) is 2.82. The van der Waals surface area contributed by atoms with Crippen molar-refractivity contribution in [1.29, 1.82) is 0 Å². The van der Waals surface area contributed by atoms with Gasteiger partial charge in [-0.3, -0.25) is 9.69 Å². The summed E-state index contributed by atoms with van der Waals surface area (Å²) in [5.74, 6) is 0.715. The van der Waals surface area contributed by atoms with Gasteiger partial charge in [-0.1, -0.05) is 0 Å². The van der Waals surface area contributed by atoms with Crippen molar-refractivity contribution < 1.29 is 28.5 Å². The number of carbonyl (C=O) groups excluding carboxylic acids is 2. The summed E-state index contributed by atoms with van der Waals surface area (Å²) in [4.78, 5) is 26.0. The number of amides is 1. The molecule has 0 radical (unpaired) electrons. The molecule has 0 N–H and O–H groups in total. The molecule has 138 valence electrons. The van der Waals surface area contributed by atoms with Crippen molar-refractivity contribution in [3.8, 4) is 11.5 Å².